The summed E-state index contributed by atoms with van der Waals surface area (Å²) in [5, 5.41) is 1.08. The van der Waals surface area contributed by atoms with Crippen molar-refractivity contribution < 1.29 is 0 Å². The Kier molecular flexibility index (Phi) is 4.06. The van der Waals surface area contributed by atoms with Gasteiger partial charge in [-0.1, -0.05) is 0 Å². The molecule has 0 N–H and O–H groups in total. The SMILES string of the molecule is CSc1nsc(SC)c1CCl. The molecule has 1 aromatic rings. The molecule has 0 aliphatic rings. The van der Waals surface area contributed by atoms with Gasteiger partial charge >= 0.3 is 0 Å². The van der Waals surface area contributed by atoms with Crippen molar-refractivity contribution in [1.82, 2.24) is 4.37 Å². The Morgan fingerprint density at radius 1 is 1.45 bits per heavy atom. The third-order valence-corrected chi connectivity index (χ3v) is 4.36. The smallest absolute Gasteiger partial charge is 0.115 e. The minimum absolute atomic E-state index is 0.572. The van der Waals surface area contributed by atoms with Crippen LogP contribution < -0.4 is 0 Å². The molecule has 1 rings (SSSR count). The topological polar surface area (TPSA) is 12.9 Å². The van der Waals surface area contributed by atoms with Gasteiger partial charge in [-0.25, -0.2) is 0 Å². The van der Waals surface area contributed by atoms with Crippen molar-refractivity contribution in [1.29, 1.82) is 0 Å². The van der Waals surface area contributed by atoms with Crippen molar-refractivity contribution in [3.8, 4) is 0 Å². The first-order valence-corrected chi connectivity index (χ1v) is 6.71. The Balaban J connectivity index is 2.99. The molecule has 0 aliphatic heterocycles. The molecule has 62 valence electrons. The third kappa shape index (κ3) is 2.05. The summed E-state index contributed by atoms with van der Waals surface area (Å²) < 4.78 is 5.52. The molecule has 0 radical (unpaired) electrons. The monoisotopic (exact) mass is 225 g/mol. The average Bonchev–Trinajstić information content (AvgIpc) is 2.45. The zero-order chi connectivity index (χ0) is 8.27. The summed E-state index contributed by atoms with van der Waals surface area (Å²) in [5.74, 6) is 0.572. The molecule has 0 aliphatic carbocycles. The highest BCUT2D eigenvalue weighted by molar-refractivity contribution is 8.01. The van der Waals surface area contributed by atoms with Gasteiger partial charge in [0, 0.05) is 5.56 Å². The van der Waals surface area contributed by atoms with Crippen LogP contribution >= 0.6 is 46.7 Å². The van der Waals surface area contributed by atoms with Gasteiger partial charge in [-0.3, -0.25) is 0 Å². The van der Waals surface area contributed by atoms with Crippen LogP contribution in [0.5, 0.6) is 0 Å². The summed E-state index contributed by atoms with van der Waals surface area (Å²) in [5.41, 5.74) is 1.19. The molecular formula is C6H8ClNS3. The van der Waals surface area contributed by atoms with E-state index in [0.29, 0.717) is 5.88 Å². The van der Waals surface area contributed by atoms with Crippen molar-refractivity contribution in [3.63, 3.8) is 0 Å². The molecule has 0 bridgehead atoms. The zero-order valence-electron chi connectivity index (χ0n) is 6.26. The number of rotatable bonds is 3. The highest BCUT2D eigenvalue weighted by Crippen LogP contribution is 2.33. The zero-order valence-corrected chi connectivity index (χ0v) is 9.46. The fourth-order valence-electron chi connectivity index (χ4n) is 0.713. The molecule has 5 heteroatoms. The second kappa shape index (κ2) is 4.60. The van der Waals surface area contributed by atoms with Gasteiger partial charge in [-0.2, -0.15) is 4.37 Å². The van der Waals surface area contributed by atoms with Crippen LogP contribution in [0.15, 0.2) is 9.24 Å². The maximum atomic E-state index is 5.78. The number of halogens is 1. The minimum Gasteiger partial charge on any atom is -0.185 e. The highest BCUT2D eigenvalue weighted by atomic mass is 35.5. The molecule has 0 unspecified atom stereocenters. The number of hydrogen-bond donors (Lipinski definition) is 0. The predicted molar refractivity (Wildman–Crippen MR) is 55.2 cm³/mol. The standard InChI is InChI=1S/C6H8ClNS3/c1-9-5-4(3-7)6(10-2)11-8-5/h3H2,1-2H3. The molecule has 0 spiro atoms. The third-order valence-electron chi connectivity index (χ3n) is 1.23. The lowest BCUT2D eigenvalue weighted by molar-refractivity contribution is 1.16. The van der Waals surface area contributed by atoms with Gasteiger partial charge in [0.05, 0.1) is 10.1 Å². The molecule has 11 heavy (non-hydrogen) atoms. The quantitative estimate of drug-likeness (QED) is 0.579. The van der Waals surface area contributed by atoms with E-state index >= 15 is 0 Å². The molecule has 0 saturated heterocycles. The number of nitrogens with zero attached hydrogens (tertiary/aromatic N) is 1. The average molecular weight is 226 g/mol. The lowest BCUT2D eigenvalue weighted by Gasteiger charge is -1.95. The Hall–Kier alpha value is 0.620. The van der Waals surface area contributed by atoms with E-state index < -0.39 is 0 Å². The lowest BCUT2D eigenvalue weighted by atomic mass is 10.4. The van der Waals surface area contributed by atoms with Crippen LogP contribution in [0, 0.1) is 0 Å². The van der Waals surface area contributed by atoms with Gasteiger partial charge in [-0.05, 0) is 24.0 Å². The first-order chi connectivity index (χ1) is 5.33. The van der Waals surface area contributed by atoms with Crippen LogP contribution in [0.4, 0.5) is 0 Å². The highest BCUT2D eigenvalue weighted by Gasteiger charge is 2.10. The molecule has 1 aromatic heterocycles. The van der Waals surface area contributed by atoms with Crippen LogP contribution in [0.2, 0.25) is 0 Å². The molecule has 0 amide bonds. The van der Waals surface area contributed by atoms with E-state index in [2.05, 4.69) is 4.37 Å². The minimum atomic E-state index is 0.572. The van der Waals surface area contributed by atoms with Gasteiger partial charge in [0.15, 0.2) is 0 Å². The van der Waals surface area contributed by atoms with Crippen LogP contribution in [0.1, 0.15) is 5.56 Å². The summed E-state index contributed by atoms with van der Waals surface area (Å²) in [4.78, 5) is 0. The Morgan fingerprint density at radius 2 is 2.18 bits per heavy atom. The Labute approximate surface area is 84.1 Å². The van der Waals surface area contributed by atoms with Crippen molar-refractivity contribution in [2.45, 2.75) is 15.1 Å². The number of thioether (sulfide) groups is 2. The maximum absolute atomic E-state index is 5.78. The number of alkyl halides is 1. The first kappa shape index (κ1) is 9.71. The predicted octanol–water partition coefficient (Wildman–Crippen LogP) is 3.33. The molecule has 0 saturated carbocycles. The Bertz CT molecular complexity index is 214. The van der Waals surface area contributed by atoms with E-state index in [1.807, 2.05) is 12.5 Å². The first-order valence-electron chi connectivity index (χ1n) is 2.96. The molecule has 1 nitrogen and oxygen atoms in total. The van der Waals surface area contributed by atoms with E-state index in [1.54, 1.807) is 23.5 Å². The second-order valence-corrected chi connectivity index (χ2v) is 4.71. The van der Waals surface area contributed by atoms with Gasteiger partial charge in [0.2, 0.25) is 0 Å². The summed E-state index contributed by atoms with van der Waals surface area (Å²) in [7, 11) is 0. The van der Waals surface area contributed by atoms with Crippen molar-refractivity contribution in [2.24, 2.45) is 0 Å². The number of aromatic nitrogens is 1. The summed E-state index contributed by atoms with van der Waals surface area (Å²) in [6, 6.07) is 0. The summed E-state index contributed by atoms with van der Waals surface area (Å²) in [6.07, 6.45) is 4.07. The van der Waals surface area contributed by atoms with E-state index in [4.69, 9.17) is 11.6 Å². The van der Waals surface area contributed by atoms with Gasteiger partial charge in [0.1, 0.15) is 5.03 Å². The molecular weight excluding hydrogens is 218 g/mol. The molecule has 0 fully saturated rings. The van der Waals surface area contributed by atoms with Crippen LogP contribution in [0.3, 0.4) is 0 Å². The molecule has 0 aromatic carbocycles. The number of hydrogen-bond acceptors (Lipinski definition) is 4. The fourth-order valence-corrected chi connectivity index (χ4v) is 3.55. The molecule has 0 atom stereocenters. The normalized spacial score (nSPS) is 10.5. The Morgan fingerprint density at radius 3 is 2.64 bits per heavy atom. The maximum Gasteiger partial charge on any atom is 0.115 e. The van der Waals surface area contributed by atoms with Crippen molar-refractivity contribution in [2.75, 3.05) is 12.5 Å². The van der Waals surface area contributed by atoms with Gasteiger partial charge in [-0.15, -0.1) is 35.1 Å². The summed E-state index contributed by atoms with van der Waals surface area (Å²) in [6.45, 7) is 0. The van der Waals surface area contributed by atoms with Crippen molar-refractivity contribution >= 4 is 46.7 Å². The van der Waals surface area contributed by atoms with Crippen LogP contribution in [-0.4, -0.2) is 16.9 Å². The molecule has 1 heterocycles. The van der Waals surface area contributed by atoms with E-state index in [1.165, 1.54) is 21.3 Å². The van der Waals surface area contributed by atoms with Crippen LogP contribution in [-0.2, 0) is 5.88 Å². The van der Waals surface area contributed by atoms with Crippen molar-refractivity contribution in [3.05, 3.63) is 5.56 Å². The van der Waals surface area contributed by atoms with E-state index in [0.717, 1.165) is 5.03 Å². The van der Waals surface area contributed by atoms with Crippen LogP contribution in [0.25, 0.3) is 0 Å². The van der Waals surface area contributed by atoms with E-state index in [-0.39, 0.29) is 0 Å². The lowest BCUT2D eigenvalue weighted by Crippen LogP contribution is -1.78. The van der Waals surface area contributed by atoms with Gasteiger partial charge in [0.25, 0.3) is 0 Å². The summed E-state index contributed by atoms with van der Waals surface area (Å²) >= 11 is 10.7. The fraction of sp³-hybridized carbons (Fsp3) is 0.500. The van der Waals surface area contributed by atoms with Gasteiger partial charge < -0.3 is 0 Å². The largest absolute Gasteiger partial charge is 0.185 e. The van der Waals surface area contributed by atoms with E-state index in [9.17, 15) is 0 Å². The second-order valence-electron chi connectivity index (χ2n) is 1.80.